The van der Waals surface area contributed by atoms with Crippen LogP contribution in [0.15, 0.2) is 21.1 Å². The van der Waals surface area contributed by atoms with Gasteiger partial charge in [-0.1, -0.05) is 0 Å². The van der Waals surface area contributed by atoms with Crippen molar-refractivity contribution in [3.63, 3.8) is 0 Å². The Morgan fingerprint density at radius 2 is 1.85 bits per heavy atom. The van der Waals surface area contributed by atoms with Gasteiger partial charge in [-0.05, 0) is 76.4 Å². The number of ether oxygens (including phenoxy) is 2. The minimum atomic E-state index is -0.705. The van der Waals surface area contributed by atoms with Gasteiger partial charge in [-0.15, -0.1) is 0 Å². The van der Waals surface area contributed by atoms with Crippen molar-refractivity contribution in [2.45, 2.75) is 20.3 Å². The maximum Gasteiger partial charge on any atom is 0.314 e. The van der Waals surface area contributed by atoms with Crippen LogP contribution in [0.4, 0.5) is 0 Å². The summed E-state index contributed by atoms with van der Waals surface area (Å²) in [7, 11) is 1.37. The standard InChI is InChI=1S/C14H19Br2NO3/c1-14(2,13(18)19-3)8-20-12-10(15)6-9(4-5-17)7-11(12)16/h6-7H,4-5,8,17H2,1-3H3. The molecule has 0 fully saturated rings. The van der Waals surface area contributed by atoms with Crippen molar-refractivity contribution in [1.82, 2.24) is 0 Å². The van der Waals surface area contributed by atoms with Gasteiger partial charge in [-0.2, -0.15) is 0 Å². The summed E-state index contributed by atoms with van der Waals surface area (Å²) >= 11 is 6.96. The molecule has 0 saturated carbocycles. The first kappa shape index (κ1) is 17.5. The van der Waals surface area contributed by atoms with Gasteiger partial charge in [0.1, 0.15) is 12.4 Å². The molecule has 0 atom stereocenters. The minimum absolute atomic E-state index is 0.229. The topological polar surface area (TPSA) is 61.5 Å². The molecular weight excluding hydrogens is 390 g/mol. The second kappa shape index (κ2) is 7.43. The first-order chi connectivity index (χ1) is 9.31. The number of benzene rings is 1. The molecule has 0 unspecified atom stereocenters. The van der Waals surface area contributed by atoms with Gasteiger partial charge >= 0.3 is 5.97 Å². The fraction of sp³-hybridized carbons (Fsp3) is 0.500. The zero-order valence-corrected chi connectivity index (χ0v) is 15.0. The maximum absolute atomic E-state index is 11.6. The van der Waals surface area contributed by atoms with E-state index in [4.69, 9.17) is 15.2 Å². The predicted molar refractivity (Wildman–Crippen MR) is 85.9 cm³/mol. The smallest absolute Gasteiger partial charge is 0.314 e. The van der Waals surface area contributed by atoms with Crippen molar-refractivity contribution in [3.8, 4) is 5.75 Å². The normalized spacial score (nSPS) is 11.3. The Hall–Kier alpha value is -0.590. The fourth-order valence-corrected chi connectivity index (χ4v) is 3.16. The summed E-state index contributed by atoms with van der Waals surface area (Å²) < 4.78 is 12.2. The first-order valence-corrected chi connectivity index (χ1v) is 7.79. The number of methoxy groups -OCH3 is 1. The molecule has 0 amide bonds. The number of nitrogens with two attached hydrogens (primary N) is 1. The molecule has 2 N–H and O–H groups in total. The Labute approximate surface area is 136 Å². The van der Waals surface area contributed by atoms with Gasteiger partial charge in [-0.3, -0.25) is 4.79 Å². The average Bonchev–Trinajstić information content (AvgIpc) is 2.37. The van der Waals surface area contributed by atoms with Crippen molar-refractivity contribution < 1.29 is 14.3 Å². The summed E-state index contributed by atoms with van der Waals surface area (Å²) in [4.78, 5) is 11.6. The third-order valence-electron chi connectivity index (χ3n) is 2.81. The number of rotatable bonds is 6. The van der Waals surface area contributed by atoms with Crippen molar-refractivity contribution in [2.24, 2.45) is 11.1 Å². The third-order valence-corrected chi connectivity index (χ3v) is 3.98. The summed E-state index contributed by atoms with van der Waals surface area (Å²) in [6.07, 6.45) is 0.797. The van der Waals surface area contributed by atoms with Crippen LogP contribution < -0.4 is 10.5 Å². The molecule has 0 bridgehead atoms. The largest absolute Gasteiger partial charge is 0.490 e. The molecule has 20 heavy (non-hydrogen) atoms. The lowest BCUT2D eigenvalue weighted by molar-refractivity contribution is -0.152. The average molecular weight is 409 g/mol. The number of esters is 1. The van der Waals surface area contributed by atoms with E-state index in [1.807, 2.05) is 12.1 Å². The summed E-state index contributed by atoms with van der Waals surface area (Å²) in [5, 5.41) is 0. The van der Waals surface area contributed by atoms with E-state index in [1.54, 1.807) is 13.8 Å². The summed E-state index contributed by atoms with van der Waals surface area (Å²) in [5.74, 6) is 0.368. The molecule has 1 aromatic rings. The molecule has 0 saturated heterocycles. The van der Waals surface area contributed by atoms with Crippen LogP contribution in [0.2, 0.25) is 0 Å². The van der Waals surface area contributed by atoms with E-state index in [0.29, 0.717) is 12.3 Å². The Kier molecular flexibility index (Phi) is 6.48. The first-order valence-electron chi connectivity index (χ1n) is 6.21. The fourth-order valence-electron chi connectivity index (χ4n) is 1.65. The molecule has 0 aliphatic carbocycles. The Morgan fingerprint density at radius 3 is 2.30 bits per heavy atom. The monoisotopic (exact) mass is 407 g/mol. The zero-order valence-electron chi connectivity index (χ0n) is 11.8. The number of halogens is 2. The lowest BCUT2D eigenvalue weighted by atomic mass is 9.95. The minimum Gasteiger partial charge on any atom is -0.490 e. The molecule has 0 aromatic heterocycles. The molecule has 4 nitrogen and oxygen atoms in total. The van der Waals surface area contributed by atoms with Crippen LogP contribution in [0.5, 0.6) is 5.75 Å². The van der Waals surface area contributed by atoms with Crippen LogP contribution in [0.25, 0.3) is 0 Å². The molecule has 1 aromatic carbocycles. The highest BCUT2D eigenvalue weighted by Gasteiger charge is 2.30. The number of carbonyl (C=O) groups excluding carboxylic acids is 1. The van der Waals surface area contributed by atoms with Gasteiger partial charge in [-0.25, -0.2) is 0 Å². The van der Waals surface area contributed by atoms with Crippen molar-refractivity contribution in [1.29, 1.82) is 0 Å². The summed E-state index contributed by atoms with van der Waals surface area (Å²) in [6, 6.07) is 3.94. The Balaban J connectivity index is 2.86. The second-order valence-corrected chi connectivity index (χ2v) is 6.80. The van der Waals surface area contributed by atoms with E-state index in [-0.39, 0.29) is 12.6 Å². The van der Waals surface area contributed by atoms with Gasteiger partial charge in [0.2, 0.25) is 0 Å². The van der Waals surface area contributed by atoms with Crippen molar-refractivity contribution >= 4 is 37.8 Å². The van der Waals surface area contributed by atoms with Crippen LogP contribution in [0, 0.1) is 5.41 Å². The molecule has 0 aliphatic rings. The van der Waals surface area contributed by atoms with Gasteiger partial charge in [0.05, 0.1) is 21.5 Å². The zero-order chi connectivity index (χ0) is 15.3. The van der Waals surface area contributed by atoms with E-state index >= 15 is 0 Å². The van der Waals surface area contributed by atoms with Crippen LogP contribution in [0.1, 0.15) is 19.4 Å². The van der Waals surface area contributed by atoms with Crippen LogP contribution >= 0.6 is 31.9 Å². The molecular formula is C14H19Br2NO3. The molecule has 112 valence electrons. The van der Waals surface area contributed by atoms with Gasteiger partial charge in [0.15, 0.2) is 0 Å². The highest BCUT2D eigenvalue weighted by atomic mass is 79.9. The van der Waals surface area contributed by atoms with Crippen LogP contribution in [-0.2, 0) is 16.0 Å². The predicted octanol–water partition coefficient (Wildman–Crippen LogP) is 3.29. The second-order valence-electron chi connectivity index (χ2n) is 5.09. The highest BCUT2D eigenvalue weighted by molar-refractivity contribution is 9.11. The molecule has 0 spiro atoms. The lowest BCUT2D eigenvalue weighted by Gasteiger charge is -2.22. The van der Waals surface area contributed by atoms with Gasteiger partial charge in [0.25, 0.3) is 0 Å². The quantitative estimate of drug-likeness (QED) is 0.733. The van der Waals surface area contributed by atoms with E-state index in [2.05, 4.69) is 31.9 Å². The number of carbonyl (C=O) groups is 1. The van der Waals surface area contributed by atoms with Gasteiger partial charge < -0.3 is 15.2 Å². The number of hydrogen-bond donors (Lipinski definition) is 1. The SMILES string of the molecule is COC(=O)C(C)(C)COc1c(Br)cc(CCN)cc1Br. The van der Waals surface area contributed by atoms with E-state index in [9.17, 15) is 4.79 Å². The number of hydrogen-bond acceptors (Lipinski definition) is 4. The Morgan fingerprint density at radius 1 is 1.30 bits per heavy atom. The molecule has 0 heterocycles. The summed E-state index contributed by atoms with van der Waals surface area (Å²) in [5.41, 5.74) is 5.96. The Bertz CT molecular complexity index is 466. The highest BCUT2D eigenvalue weighted by Crippen LogP contribution is 2.36. The lowest BCUT2D eigenvalue weighted by Crippen LogP contribution is -2.32. The maximum atomic E-state index is 11.6. The molecule has 1 rings (SSSR count). The molecule has 0 aliphatic heterocycles. The van der Waals surface area contributed by atoms with Crippen LogP contribution in [-0.4, -0.2) is 26.2 Å². The van der Waals surface area contributed by atoms with Crippen LogP contribution in [0.3, 0.4) is 0 Å². The molecule has 6 heteroatoms. The third kappa shape index (κ3) is 4.46. The van der Waals surface area contributed by atoms with Crippen molar-refractivity contribution in [2.75, 3.05) is 20.3 Å². The van der Waals surface area contributed by atoms with Crippen molar-refractivity contribution in [3.05, 3.63) is 26.6 Å². The van der Waals surface area contributed by atoms with E-state index in [0.717, 1.165) is 20.9 Å². The van der Waals surface area contributed by atoms with E-state index in [1.165, 1.54) is 7.11 Å². The molecule has 0 radical (unpaired) electrons. The summed E-state index contributed by atoms with van der Waals surface area (Å²) in [6.45, 7) is 4.38. The van der Waals surface area contributed by atoms with E-state index < -0.39 is 5.41 Å². The van der Waals surface area contributed by atoms with Gasteiger partial charge in [0, 0.05) is 0 Å².